The van der Waals surface area contributed by atoms with Crippen molar-refractivity contribution in [3.63, 3.8) is 0 Å². The molecule has 1 rings (SSSR count). The van der Waals surface area contributed by atoms with Crippen LogP contribution in [-0.2, 0) is 4.74 Å². The van der Waals surface area contributed by atoms with Crippen molar-refractivity contribution in [2.75, 3.05) is 20.2 Å². The maximum Gasteiger partial charge on any atom is 0.409 e. The maximum absolute atomic E-state index is 11.2. The first-order valence-electron chi connectivity index (χ1n) is 5.12. The minimum Gasteiger partial charge on any atom is -0.450 e. The molecule has 0 saturated heterocycles. The quantitative estimate of drug-likeness (QED) is 0.672. The normalized spacial score (nSPS) is 16.5. The van der Waals surface area contributed by atoms with Crippen molar-refractivity contribution < 1.29 is 9.53 Å². The zero-order chi connectivity index (χ0) is 9.68. The molecule has 0 unspecified atom stereocenters. The highest BCUT2D eigenvalue weighted by Gasteiger charge is 2.18. The van der Waals surface area contributed by atoms with Crippen LogP contribution >= 0.6 is 0 Å². The Morgan fingerprint density at radius 1 is 1.54 bits per heavy atom. The molecular weight excluding hydrogens is 166 g/mol. The number of hydrogen-bond acceptors (Lipinski definition) is 2. The van der Waals surface area contributed by atoms with Gasteiger partial charge in [0.1, 0.15) is 0 Å². The molecule has 0 aromatic heterocycles. The van der Waals surface area contributed by atoms with Crippen LogP contribution in [0.1, 0.15) is 32.6 Å². The minimum absolute atomic E-state index is 0.193. The van der Waals surface area contributed by atoms with Gasteiger partial charge in [0.15, 0.2) is 0 Å². The van der Waals surface area contributed by atoms with Gasteiger partial charge in [0, 0.05) is 13.6 Å². The molecule has 76 valence electrons. The molecule has 1 fully saturated rings. The fourth-order valence-electron chi connectivity index (χ4n) is 1.48. The molecule has 1 amide bonds. The van der Waals surface area contributed by atoms with E-state index in [1.54, 1.807) is 11.9 Å². The van der Waals surface area contributed by atoms with Crippen LogP contribution in [0.3, 0.4) is 0 Å². The third kappa shape index (κ3) is 3.25. The predicted octanol–water partition coefficient (Wildman–Crippen LogP) is 2.26. The first kappa shape index (κ1) is 10.4. The molecule has 0 aliphatic heterocycles. The molecule has 0 atom stereocenters. The summed E-state index contributed by atoms with van der Waals surface area (Å²) in [6, 6.07) is 0. The fourth-order valence-corrected chi connectivity index (χ4v) is 1.48. The lowest BCUT2D eigenvalue weighted by molar-refractivity contribution is 0.112. The molecule has 0 aromatic carbocycles. The number of carbonyl (C=O) groups is 1. The topological polar surface area (TPSA) is 29.5 Å². The zero-order valence-electron chi connectivity index (χ0n) is 8.58. The number of rotatable bonds is 4. The summed E-state index contributed by atoms with van der Waals surface area (Å²) in [5.74, 6) is 0.858. The van der Waals surface area contributed by atoms with Gasteiger partial charge in [-0.25, -0.2) is 4.79 Å². The summed E-state index contributed by atoms with van der Waals surface area (Å²) in [4.78, 5) is 12.8. The summed E-state index contributed by atoms with van der Waals surface area (Å²) in [6.45, 7) is 3.13. The predicted molar refractivity (Wildman–Crippen MR) is 51.6 cm³/mol. The second kappa shape index (κ2) is 5.10. The van der Waals surface area contributed by atoms with Gasteiger partial charge >= 0.3 is 6.09 Å². The molecule has 0 aromatic rings. The Labute approximate surface area is 80.1 Å². The Balaban J connectivity index is 2.08. The van der Waals surface area contributed by atoms with Crippen LogP contribution in [0.2, 0.25) is 0 Å². The van der Waals surface area contributed by atoms with Gasteiger partial charge in [0.2, 0.25) is 0 Å². The van der Waals surface area contributed by atoms with Gasteiger partial charge in [-0.05, 0) is 19.3 Å². The van der Waals surface area contributed by atoms with Crippen LogP contribution in [0.15, 0.2) is 0 Å². The van der Waals surface area contributed by atoms with E-state index in [0.29, 0.717) is 6.61 Å². The maximum atomic E-state index is 11.2. The van der Waals surface area contributed by atoms with E-state index in [-0.39, 0.29) is 6.09 Å². The Bertz CT molecular complexity index is 166. The van der Waals surface area contributed by atoms with Crippen molar-refractivity contribution in [1.82, 2.24) is 4.90 Å². The summed E-state index contributed by atoms with van der Waals surface area (Å²) in [5, 5.41) is 0. The van der Waals surface area contributed by atoms with Crippen molar-refractivity contribution in [3.05, 3.63) is 0 Å². The van der Waals surface area contributed by atoms with Crippen LogP contribution < -0.4 is 0 Å². The third-order valence-electron chi connectivity index (χ3n) is 2.68. The van der Waals surface area contributed by atoms with Crippen molar-refractivity contribution in [1.29, 1.82) is 0 Å². The first-order valence-corrected chi connectivity index (χ1v) is 5.12. The Kier molecular flexibility index (Phi) is 4.06. The van der Waals surface area contributed by atoms with Crippen molar-refractivity contribution in [3.8, 4) is 0 Å². The molecule has 0 bridgehead atoms. The molecule has 1 saturated carbocycles. The number of amides is 1. The van der Waals surface area contributed by atoms with Crippen LogP contribution in [0.4, 0.5) is 4.79 Å². The van der Waals surface area contributed by atoms with Crippen LogP contribution in [0.5, 0.6) is 0 Å². The first-order chi connectivity index (χ1) is 6.24. The lowest BCUT2D eigenvalue weighted by atomic mass is 9.83. The van der Waals surface area contributed by atoms with E-state index < -0.39 is 0 Å². The van der Waals surface area contributed by atoms with Gasteiger partial charge in [-0.1, -0.05) is 19.3 Å². The molecule has 13 heavy (non-hydrogen) atoms. The summed E-state index contributed by atoms with van der Waals surface area (Å²) in [7, 11) is 1.80. The highest BCUT2D eigenvalue weighted by Crippen LogP contribution is 2.29. The molecule has 1 aliphatic carbocycles. The molecule has 3 nitrogen and oxygen atoms in total. The lowest BCUT2D eigenvalue weighted by Gasteiger charge is -2.27. The minimum atomic E-state index is -0.193. The van der Waals surface area contributed by atoms with Gasteiger partial charge in [-0.15, -0.1) is 0 Å². The number of nitrogens with zero attached hydrogens (tertiary/aromatic N) is 1. The van der Waals surface area contributed by atoms with Crippen molar-refractivity contribution in [2.24, 2.45) is 5.92 Å². The van der Waals surface area contributed by atoms with Crippen molar-refractivity contribution >= 4 is 6.09 Å². The van der Waals surface area contributed by atoms with Crippen molar-refractivity contribution in [2.45, 2.75) is 32.6 Å². The Hall–Kier alpha value is -0.730. The average Bonchev–Trinajstić information content (AvgIpc) is 2.01. The lowest BCUT2D eigenvalue weighted by Crippen LogP contribution is -2.30. The second-order valence-corrected chi connectivity index (χ2v) is 3.71. The molecule has 0 heterocycles. The number of hydrogen-bond donors (Lipinski definition) is 0. The van der Waals surface area contributed by atoms with Gasteiger partial charge in [0.25, 0.3) is 0 Å². The van der Waals surface area contributed by atoms with Crippen LogP contribution in [-0.4, -0.2) is 31.2 Å². The average molecular weight is 185 g/mol. The standard InChI is InChI=1S/C10H19NO2/c1-3-13-10(12)11(2)8-7-9-5-4-6-9/h9H,3-8H2,1-2H3. The van der Waals surface area contributed by atoms with Crippen LogP contribution in [0, 0.1) is 5.92 Å². The molecule has 1 aliphatic rings. The number of ether oxygens (including phenoxy) is 1. The zero-order valence-corrected chi connectivity index (χ0v) is 8.58. The van der Waals surface area contributed by atoms with Gasteiger partial charge < -0.3 is 9.64 Å². The van der Waals surface area contributed by atoms with Gasteiger partial charge in [0.05, 0.1) is 6.61 Å². The highest BCUT2D eigenvalue weighted by molar-refractivity contribution is 5.67. The largest absolute Gasteiger partial charge is 0.450 e. The summed E-state index contributed by atoms with van der Waals surface area (Å²) in [5.41, 5.74) is 0. The monoisotopic (exact) mass is 185 g/mol. The molecule has 0 spiro atoms. The van der Waals surface area contributed by atoms with E-state index in [9.17, 15) is 4.79 Å². The van der Waals surface area contributed by atoms with Gasteiger partial charge in [-0.3, -0.25) is 0 Å². The van der Waals surface area contributed by atoms with E-state index in [1.807, 2.05) is 6.92 Å². The molecule has 3 heteroatoms. The molecule has 0 N–H and O–H groups in total. The van der Waals surface area contributed by atoms with Crippen LogP contribution in [0.25, 0.3) is 0 Å². The smallest absolute Gasteiger partial charge is 0.409 e. The SMILES string of the molecule is CCOC(=O)N(C)CCC1CCC1. The Morgan fingerprint density at radius 2 is 2.23 bits per heavy atom. The van der Waals surface area contributed by atoms with E-state index in [2.05, 4.69) is 0 Å². The summed E-state index contributed by atoms with van der Waals surface area (Å²) < 4.78 is 4.87. The van der Waals surface area contributed by atoms with E-state index in [4.69, 9.17) is 4.74 Å². The van der Waals surface area contributed by atoms with E-state index in [1.165, 1.54) is 19.3 Å². The summed E-state index contributed by atoms with van der Waals surface area (Å²) in [6.07, 6.45) is 5.00. The molecule has 0 radical (unpaired) electrons. The van der Waals surface area contributed by atoms with E-state index in [0.717, 1.165) is 18.9 Å². The molecular formula is C10H19NO2. The Morgan fingerprint density at radius 3 is 2.69 bits per heavy atom. The van der Waals surface area contributed by atoms with Gasteiger partial charge in [-0.2, -0.15) is 0 Å². The third-order valence-corrected chi connectivity index (χ3v) is 2.68. The van der Waals surface area contributed by atoms with E-state index >= 15 is 0 Å². The highest BCUT2D eigenvalue weighted by atomic mass is 16.5. The second-order valence-electron chi connectivity index (χ2n) is 3.71. The summed E-state index contributed by atoms with van der Waals surface area (Å²) >= 11 is 0. The fraction of sp³-hybridized carbons (Fsp3) is 0.900. The number of carbonyl (C=O) groups excluding carboxylic acids is 1.